The second-order valence-corrected chi connectivity index (χ2v) is 5.76. The Kier molecular flexibility index (Phi) is 4.68. The van der Waals surface area contributed by atoms with Gasteiger partial charge in [-0.15, -0.1) is 0 Å². The smallest absolute Gasteiger partial charge is 0.355 e. The van der Waals surface area contributed by atoms with Crippen LogP contribution in [0.15, 0.2) is 0 Å². The van der Waals surface area contributed by atoms with Crippen molar-refractivity contribution in [2.45, 2.75) is 46.6 Å². The predicted octanol–water partition coefficient (Wildman–Crippen LogP) is 2.00. The molecule has 1 aliphatic heterocycles. The zero-order valence-corrected chi connectivity index (χ0v) is 13.5. The Balaban J connectivity index is 2.10. The number of Topliss-reactive ketones (excluding diaryl/α,β-unsaturated/α-hetero) is 1. The molecule has 6 heteroatoms. The van der Waals surface area contributed by atoms with Crippen LogP contribution in [0, 0.1) is 13.8 Å². The van der Waals surface area contributed by atoms with Crippen molar-refractivity contribution in [1.29, 1.82) is 0 Å². The van der Waals surface area contributed by atoms with Crippen LogP contribution in [0.5, 0.6) is 0 Å². The maximum absolute atomic E-state index is 12.2. The van der Waals surface area contributed by atoms with Crippen LogP contribution in [0.2, 0.25) is 0 Å². The van der Waals surface area contributed by atoms with Crippen LogP contribution in [0.1, 0.15) is 58.8 Å². The van der Waals surface area contributed by atoms with Gasteiger partial charge >= 0.3 is 5.97 Å². The molecule has 0 spiro atoms. The van der Waals surface area contributed by atoms with Crippen LogP contribution < -0.4 is 0 Å². The highest BCUT2D eigenvalue weighted by molar-refractivity contribution is 6.01. The van der Waals surface area contributed by atoms with Crippen molar-refractivity contribution in [2.24, 2.45) is 0 Å². The standard InChI is InChI=1S/C16H22N2O4/c1-9-13(11(3)19)10(2)17-14(9)16(21)22-12(4)15(20)18-7-5-6-8-18/h12,17H,5-8H2,1-4H3. The molecule has 0 saturated carbocycles. The number of aromatic amines is 1. The summed E-state index contributed by atoms with van der Waals surface area (Å²) >= 11 is 0. The summed E-state index contributed by atoms with van der Waals surface area (Å²) in [5, 5.41) is 0. The number of ether oxygens (including phenoxy) is 1. The fourth-order valence-electron chi connectivity index (χ4n) is 2.95. The molecule has 1 aromatic rings. The number of hydrogen-bond donors (Lipinski definition) is 1. The van der Waals surface area contributed by atoms with Crippen LogP contribution in [0.25, 0.3) is 0 Å². The molecule has 0 radical (unpaired) electrons. The molecule has 0 aromatic carbocycles. The Labute approximate surface area is 129 Å². The lowest BCUT2D eigenvalue weighted by molar-refractivity contribution is -0.138. The summed E-state index contributed by atoms with van der Waals surface area (Å²) in [6, 6.07) is 0. The van der Waals surface area contributed by atoms with E-state index in [4.69, 9.17) is 4.74 Å². The van der Waals surface area contributed by atoms with E-state index in [-0.39, 0.29) is 17.4 Å². The SMILES string of the molecule is CC(=O)c1c(C)[nH]c(C(=O)OC(C)C(=O)N2CCCC2)c1C. The molecule has 22 heavy (non-hydrogen) atoms. The Morgan fingerprint density at radius 1 is 1.18 bits per heavy atom. The van der Waals surface area contributed by atoms with Gasteiger partial charge in [-0.25, -0.2) is 4.79 Å². The maximum Gasteiger partial charge on any atom is 0.355 e. The molecule has 1 saturated heterocycles. The van der Waals surface area contributed by atoms with Gasteiger partial charge in [0.05, 0.1) is 0 Å². The molecule has 1 unspecified atom stereocenters. The molecule has 1 fully saturated rings. The number of likely N-dealkylation sites (tertiary alicyclic amines) is 1. The van der Waals surface area contributed by atoms with E-state index >= 15 is 0 Å². The average Bonchev–Trinajstić information content (AvgIpc) is 3.05. The Morgan fingerprint density at radius 3 is 2.27 bits per heavy atom. The summed E-state index contributed by atoms with van der Waals surface area (Å²) < 4.78 is 5.27. The number of nitrogens with zero attached hydrogens (tertiary/aromatic N) is 1. The minimum absolute atomic E-state index is 0.105. The third kappa shape index (κ3) is 3.05. The normalized spacial score (nSPS) is 15.7. The number of rotatable bonds is 4. The highest BCUT2D eigenvalue weighted by Gasteiger charge is 2.28. The van der Waals surface area contributed by atoms with Gasteiger partial charge in [0.25, 0.3) is 5.91 Å². The maximum atomic E-state index is 12.2. The quantitative estimate of drug-likeness (QED) is 0.681. The lowest BCUT2D eigenvalue weighted by Gasteiger charge is -2.20. The zero-order valence-electron chi connectivity index (χ0n) is 13.5. The molecule has 2 rings (SSSR count). The van der Waals surface area contributed by atoms with Gasteiger partial charge in [0.1, 0.15) is 5.69 Å². The van der Waals surface area contributed by atoms with E-state index in [1.54, 1.807) is 25.7 Å². The van der Waals surface area contributed by atoms with E-state index < -0.39 is 12.1 Å². The Morgan fingerprint density at radius 2 is 1.77 bits per heavy atom. The van der Waals surface area contributed by atoms with Crippen molar-refractivity contribution in [3.8, 4) is 0 Å². The number of carbonyl (C=O) groups excluding carboxylic acids is 3. The van der Waals surface area contributed by atoms with Gasteiger partial charge in [0, 0.05) is 24.3 Å². The predicted molar refractivity (Wildman–Crippen MR) is 81.0 cm³/mol. The van der Waals surface area contributed by atoms with Gasteiger partial charge in [-0.05, 0) is 46.1 Å². The molecule has 1 amide bonds. The number of nitrogens with one attached hydrogen (secondary N) is 1. The monoisotopic (exact) mass is 306 g/mol. The zero-order chi connectivity index (χ0) is 16.4. The minimum Gasteiger partial charge on any atom is -0.448 e. The van der Waals surface area contributed by atoms with Gasteiger partial charge < -0.3 is 14.6 Å². The van der Waals surface area contributed by atoms with Crippen molar-refractivity contribution in [2.75, 3.05) is 13.1 Å². The van der Waals surface area contributed by atoms with Crippen molar-refractivity contribution in [3.05, 3.63) is 22.5 Å². The van der Waals surface area contributed by atoms with E-state index in [1.165, 1.54) is 6.92 Å². The molecule has 1 N–H and O–H groups in total. The number of amides is 1. The second kappa shape index (κ2) is 6.34. The van der Waals surface area contributed by atoms with Gasteiger partial charge in [0.15, 0.2) is 11.9 Å². The number of H-pyrrole nitrogens is 1. The molecule has 1 atom stereocenters. The second-order valence-electron chi connectivity index (χ2n) is 5.76. The van der Waals surface area contributed by atoms with Crippen LogP contribution in [0.3, 0.4) is 0 Å². The van der Waals surface area contributed by atoms with Gasteiger partial charge in [-0.3, -0.25) is 9.59 Å². The van der Waals surface area contributed by atoms with Gasteiger partial charge in [0.2, 0.25) is 0 Å². The van der Waals surface area contributed by atoms with Crippen LogP contribution >= 0.6 is 0 Å². The molecule has 0 bridgehead atoms. The van der Waals surface area contributed by atoms with Crippen molar-refractivity contribution >= 4 is 17.7 Å². The summed E-state index contributed by atoms with van der Waals surface area (Å²) in [4.78, 5) is 40.6. The summed E-state index contributed by atoms with van der Waals surface area (Å²) in [5.74, 6) is -0.877. The molecular weight excluding hydrogens is 284 g/mol. The van der Waals surface area contributed by atoms with Crippen LogP contribution in [0.4, 0.5) is 0 Å². The summed E-state index contributed by atoms with van der Waals surface area (Å²) in [6.45, 7) is 7.90. The Hall–Kier alpha value is -2.11. The average molecular weight is 306 g/mol. The number of carbonyl (C=O) groups is 3. The summed E-state index contributed by atoms with van der Waals surface area (Å²) in [6.07, 6.45) is 1.15. The number of aromatic nitrogens is 1. The minimum atomic E-state index is -0.825. The largest absolute Gasteiger partial charge is 0.448 e. The number of hydrogen-bond acceptors (Lipinski definition) is 4. The van der Waals surface area contributed by atoms with E-state index in [9.17, 15) is 14.4 Å². The number of aryl methyl sites for hydroxylation is 1. The van der Waals surface area contributed by atoms with Crippen molar-refractivity contribution in [1.82, 2.24) is 9.88 Å². The molecule has 2 heterocycles. The molecular formula is C16H22N2O4. The van der Waals surface area contributed by atoms with Crippen molar-refractivity contribution < 1.29 is 19.1 Å². The molecule has 0 aliphatic carbocycles. The lowest BCUT2D eigenvalue weighted by Crippen LogP contribution is -2.38. The third-order valence-corrected chi connectivity index (χ3v) is 4.04. The lowest BCUT2D eigenvalue weighted by atomic mass is 10.1. The third-order valence-electron chi connectivity index (χ3n) is 4.04. The molecule has 6 nitrogen and oxygen atoms in total. The molecule has 120 valence electrons. The first kappa shape index (κ1) is 16.3. The molecule has 1 aromatic heterocycles. The topological polar surface area (TPSA) is 79.5 Å². The van der Waals surface area contributed by atoms with Gasteiger partial charge in [-0.2, -0.15) is 0 Å². The van der Waals surface area contributed by atoms with Crippen LogP contribution in [-0.2, 0) is 9.53 Å². The van der Waals surface area contributed by atoms with Crippen LogP contribution in [-0.4, -0.2) is 46.7 Å². The van der Waals surface area contributed by atoms with E-state index in [2.05, 4.69) is 4.98 Å². The summed E-state index contributed by atoms with van der Waals surface area (Å²) in [7, 11) is 0. The fourth-order valence-corrected chi connectivity index (χ4v) is 2.95. The fraction of sp³-hybridized carbons (Fsp3) is 0.562. The Bertz CT molecular complexity index is 612. The van der Waals surface area contributed by atoms with E-state index in [0.717, 1.165) is 25.9 Å². The first-order valence-electron chi connectivity index (χ1n) is 7.52. The number of ketones is 1. The first-order valence-corrected chi connectivity index (χ1v) is 7.52. The summed E-state index contributed by atoms with van der Waals surface area (Å²) in [5.41, 5.74) is 1.94. The van der Waals surface area contributed by atoms with E-state index in [0.29, 0.717) is 16.8 Å². The van der Waals surface area contributed by atoms with E-state index in [1.807, 2.05) is 0 Å². The first-order chi connectivity index (χ1) is 10.3. The van der Waals surface area contributed by atoms with Crippen molar-refractivity contribution in [3.63, 3.8) is 0 Å². The highest BCUT2D eigenvalue weighted by atomic mass is 16.5. The van der Waals surface area contributed by atoms with Gasteiger partial charge in [-0.1, -0.05) is 0 Å². The number of esters is 1. The molecule has 1 aliphatic rings. The highest BCUT2D eigenvalue weighted by Crippen LogP contribution is 2.20.